The minimum atomic E-state index is -3.24. The highest BCUT2D eigenvalue weighted by molar-refractivity contribution is 7.89. The average Bonchev–Trinajstić information content (AvgIpc) is 2.37. The number of sulfonamides is 1. The Morgan fingerprint density at radius 2 is 1.47 bits per heavy atom. The number of nitrogens with zero attached hydrogens (tertiary/aromatic N) is 3. The van der Waals surface area contributed by atoms with E-state index in [1.165, 1.54) is 4.31 Å². The zero-order valence-electron chi connectivity index (χ0n) is 11.6. The van der Waals surface area contributed by atoms with Crippen LogP contribution in [0, 0.1) is 22.7 Å². The molecule has 0 aliphatic heterocycles. The van der Waals surface area contributed by atoms with Gasteiger partial charge in [0.25, 0.3) is 0 Å². The Labute approximate surface area is 116 Å². The number of rotatable bonds is 11. The van der Waals surface area contributed by atoms with E-state index in [1.807, 2.05) is 19.1 Å². The molecule has 0 atom stereocenters. The van der Waals surface area contributed by atoms with Gasteiger partial charge in [0.2, 0.25) is 10.0 Å². The summed E-state index contributed by atoms with van der Waals surface area (Å²) >= 11 is 0. The van der Waals surface area contributed by atoms with Gasteiger partial charge >= 0.3 is 0 Å². The van der Waals surface area contributed by atoms with Crippen LogP contribution in [0.3, 0.4) is 0 Å². The Bertz CT molecular complexity index is 387. The quantitative estimate of drug-likeness (QED) is 0.546. The van der Waals surface area contributed by atoms with E-state index < -0.39 is 10.0 Å². The van der Waals surface area contributed by atoms with E-state index in [2.05, 4.69) is 0 Å². The largest absolute Gasteiger partial charge is 0.214 e. The molecule has 0 saturated carbocycles. The summed E-state index contributed by atoms with van der Waals surface area (Å²) in [4.78, 5) is 0. The van der Waals surface area contributed by atoms with E-state index in [-0.39, 0.29) is 5.75 Å². The lowest BCUT2D eigenvalue weighted by Crippen LogP contribution is -2.34. The van der Waals surface area contributed by atoms with E-state index in [9.17, 15) is 8.42 Å². The van der Waals surface area contributed by atoms with E-state index >= 15 is 0 Å². The number of hydrogen-bond acceptors (Lipinski definition) is 4. The Morgan fingerprint density at radius 3 is 1.89 bits per heavy atom. The van der Waals surface area contributed by atoms with Crippen molar-refractivity contribution in [1.82, 2.24) is 4.31 Å². The molecule has 108 valence electrons. The van der Waals surface area contributed by atoms with Gasteiger partial charge in [0.15, 0.2) is 0 Å². The first-order chi connectivity index (χ1) is 9.08. The summed E-state index contributed by atoms with van der Waals surface area (Å²) in [7, 11) is -3.24. The zero-order chi connectivity index (χ0) is 14.6. The fourth-order valence-electron chi connectivity index (χ4n) is 1.72. The van der Waals surface area contributed by atoms with Gasteiger partial charge in [-0.2, -0.15) is 10.5 Å². The molecule has 0 fully saturated rings. The van der Waals surface area contributed by atoms with Crippen LogP contribution < -0.4 is 0 Å². The molecule has 0 unspecified atom stereocenters. The third-order valence-corrected chi connectivity index (χ3v) is 4.75. The first-order valence-electron chi connectivity index (χ1n) is 6.80. The van der Waals surface area contributed by atoms with Crippen LogP contribution in [0.1, 0.15) is 51.9 Å². The standard InChI is InChI=1S/C13H23N3O2S/c1-2-3-8-13-19(17,18)16(11-6-4-9-14)12-7-5-10-15/h2-8,11-13H2,1H3. The molecule has 0 aromatic heterocycles. The van der Waals surface area contributed by atoms with Crippen LogP contribution in [-0.4, -0.2) is 31.6 Å². The van der Waals surface area contributed by atoms with Crippen LogP contribution >= 0.6 is 0 Å². The molecule has 0 bridgehead atoms. The van der Waals surface area contributed by atoms with Crippen molar-refractivity contribution in [1.29, 1.82) is 10.5 Å². The van der Waals surface area contributed by atoms with Gasteiger partial charge in [-0.25, -0.2) is 12.7 Å². The highest BCUT2D eigenvalue weighted by atomic mass is 32.2. The van der Waals surface area contributed by atoms with Gasteiger partial charge in [-0.05, 0) is 19.3 Å². The van der Waals surface area contributed by atoms with Crippen molar-refractivity contribution >= 4 is 10.0 Å². The van der Waals surface area contributed by atoms with Gasteiger partial charge in [0, 0.05) is 25.9 Å². The van der Waals surface area contributed by atoms with Crippen molar-refractivity contribution in [3.05, 3.63) is 0 Å². The molecule has 0 rings (SSSR count). The fourth-order valence-corrected chi connectivity index (χ4v) is 3.36. The molecular formula is C13H23N3O2S. The lowest BCUT2D eigenvalue weighted by atomic mass is 10.3. The van der Waals surface area contributed by atoms with Gasteiger partial charge in [-0.15, -0.1) is 0 Å². The van der Waals surface area contributed by atoms with Crippen molar-refractivity contribution in [3.8, 4) is 12.1 Å². The highest BCUT2D eigenvalue weighted by Gasteiger charge is 2.20. The molecule has 6 heteroatoms. The maximum absolute atomic E-state index is 12.2. The summed E-state index contributed by atoms with van der Waals surface area (Å²) in [6, 6.07) is 4.04. The van der Waals surface area contributed by atoms with Crippen molar-refractivity contribution in [3.63, 3.8) is 0 Å². The molecule has 0 aliphatic rings. The van der Waals surface area contributed by atoms with E-state index in [0.717, 1.165) is 12.8 Å². The molecule has 0 saturated heterocycles. The third-order valence-electron chi connectivity index (χ3n) is 2.79. The summed E-state index contributed by atoms with van der Waals surface area (Å²) in [6.07, 6.45) is 4.39. The lowest BCUT2D eigenvalue weighted by molar-refractivity contribution is 0.400. The summed E-state index contributed by atoms with van der Waals surface area (Å²) in [6.45, 7) is 2.80. The van der Waals surface area contributed by atoms with Gasteiger partial charge in [0.05, 0.1) is 17.9 Å². The van der Waals surface area contributed by atoms with Gasteiger partial charge < -0.3 is 0 Å². The minimum absolute atomic E-state index is 0.167. The molecule has 0 heterocycles. The van der Waals surface area contributed by atoms with Crippen LogP contribution in [0.25, 0.3) is 0 Å². The van der Waals surface area contributed by atoms with Crippen molar-refractivity contribution in [2.45, 2.75) is 51.9 Å². The van der Waals surface area contributed by atoms with Crippen molar-refractivity contribution in [2.24, 2.45) is 0 Å². The molecule has 0 radical (unpaired) electrons. The van der Waals surface area contributed by atoms with Gasteiger partial charge in [0.1, 0.15) is 0 Å². The summed E-state index contributed by atoms with van der Waals surface area (Å²) < 4.78 is 25.7. The number of nitriles is 2. The second kappa shape index (κ2) is 10.8. The van der Waals surface area contributed by atoms with Crippen molar-refractivity contribution < 1.29 is 8.42 Å². The maximum atomic E-state index is 12.2. The van der Waals surface area contributed by atoms with Gasteiger partial charge in [-0.1, -0.05) is 19.8 Å². The Hall–Kier alpha value is -1.11. The summed E-state index contributed by atoms with van der Waals surface area (Å²) in [5.74, 6) is 0.167. The van der Waals surface area contributed by atoms with Crippen molar-refractivity contribution in [2.75, 3.05) is 18.8 Å². The molecule has 0 aromatic rings. The molecule has 0 spiro atoms. The first kappa shape index (κ1) is 17.9. The highest BCUT2D eigenvalue weighted by Crippen LogP contribution is 2.09. The first-order valence-corrected chi connectivity index (χ1v) is 8.41. The van der Waals surface area contributed by atoms with Gasteiger partial charge in [-0.3, -0.25) is 0 Å². The van der Waals surface area contributed by atoms with E-state index in [4.69, 9.17) is 10.5 Å². The molecule has 0 amide bonds. The lowest BCUT2D eigenvalue weighted by Gasteiger charge is -2.21. The normalized spacial score (nSPS) is 11.2. The Kier molecular flexibility index (Phi) is 10.1. The summed E-state index contributed by atoms with van der Waals surface area (Å²) in [5.41, 5.74) is 0. The minimum Gasteiger partial charge on any atom is -0.212 e. The third kappa shape index (κ3) is 8.58. The molecule has 0 N–H and O–H groups in total. The SMILES string of the molecule is CCCCCS(=O)(=O)N(CCCC#N)CCCC#N. The second-order valence-corrected chi connectivity index (χ2v) is 6.53. The second-order valence-electron chi connectivity index (χ2n) is 4.45. The van der Waals surface area contributed by atoms with Crippen LogP contribution in [0.2, 0.25) is 0 Å². The zero-order valence-corrected chi connectivity index (χ0v) is 12.5. The molecule has 19 heavy (non-hydrogen) atoms. The smallest absolute Gasteiger partial charge is 0.212 e. The molecule has 0 aromatic carbocycles. The number of hydrogen-bond donors (Lipinski definition) is 0. The number of unbranched alkanes of at least 4 members (excludes halogenated alkanes) is 4. The Balaban J connectivity index is 4.42. The predicted molar refractivity (Wildman–Crippen MR) is 74.6 cm³/mol. The maximum Gasteiger partial charge on any atom is 0.214 e. The molecular weight excluding hydrogens is 262 g/mol. The molecule has 0 aliphatic carbocycles. The van der Waals surface area contributed by atoms with Crippen LogP contribution in [0.5, 0.6) is 0 Å². The Morgan fingerprint density at radius 1 is 0.947 bits per heavy atom. The average molecular weight is 285 g/mol. The predicted octanol–water partition coefficient (Wildman–Crippen LogP) is 2.42. The van der Waals surface area contributed by atoms with E-state index in [0.29, 0.717) is 45.2 Å². The van der Waals surface area contributed by atoms with E-state index in [1.54, 1.807) is 0 Å². The monoisotopic (exact) mass is 285 g/mol. The van der Waals surface area contributed by atoms with Crippen LogP contribution in [0.4, 0.5) is 0 Å². The topological polar surface area (TPSA) is 85.0 Å². The van der Waals surface area contributed by atoms with Crippen LogP contribution in [0.15, 0.2) is 0 Å². The van der Waals surface area contributed by atoms with Crippen LogP contribution in [-0.2, 0) is 10.0 Å². The fraction of sp³-hybridized carbons (Fsp3) is 0.846. The molecule has 5 nitrogen and oxygen atoms in total. The summed E-state index contributed by atoms with van der Waals surface area (Å²) in [5, 5.41) is 17.0.